The number of anilines is 1. The van der Waals surface area contributed by atoms with E-state index in [-0.39, 0.29) is 0 Å². The molecule has 0 aromatic heterocycles. The summed E-state index contributed by atoms with van der Waals surface area (Å²) in [5.41, 5.74) is 3.36. The fourth-order valence-corrected chi connectivity index (χ4v) is 2.16. The van der Waals surface area contributed by atoms with Gasteiger partial charge in [0.15, 0.2) is 6.04 Å². The zero-order chi connectivity index (χ0) is 14.7. The minimum atomic E-state index is -0.937. The highest BCUT2D eigenvalue weighted by molar-refractivity contribution is 6.31. The number of carboxylic acid groups (broad SMARTS) is 1. The van der Waals surface area contributed by atoms with Gasteiger partial charge >= 0.3 is 5.97 Å². The molecule has 0 aliphatic heterocycles. The van der Waals surface area contributed by atoms with E-state index in [1.165, 1.54) is 0 Å². The van der Waals surface area contributed by atoms with Crippen LogP contribution in [0.25, 0.3) is 0 Å². The molecule has 0 heterocycles. The molecule has 0 fully saturated rings. The van der Waals surface area contributed by atoms with Crippen molar-refractivity contribution < 1.29 is 9.90 Å². The lowest BCUT2D eigenvalue weighted by Crippen LogP contribution is -2.21. The standard InChI is InChI=1S/C16H16ClNO2/c1-10-7-8-12(9-13(10)17)15(16(19)20)18-14-6-4-3-5-11(14)2/h3-9,15,18H,1-2H3,(H,19,20). The number of hydrogen-bond acceptors (Lipinski definition) is 2. The predicted octanol–water partition coefficient (Wildman–Crippen LogP) is 4.19. The van der Waals surface area contributed by atoms with Crippen molar-refractivity contribution in [1.82, 2.24) is 0 Å². The van der Waals surface area contributed by atoms with Gasteiger partial charge < -0.3 is 10.4 Å². The highest BCUT2D eigenvalue weighted by Crippen LogP contribution is 2.26. The van der Waals surface area contributed by atoms with Crippen LogP contribution in [0.15, 0.2) is 42.5 Å². The topological polar surface area (TPSA) is 49.3 Å². The van der Waals surface area contributed by atoms with Gasteiger partial charge in [-0.15, -0.1) is 0 Å². The molecule has 20 heavy (non-hydrogen) atoms. The zero-order valence-corrected chi connectivity index (χ0v) is 12.1. The molecule has 0 amide bonds. The minimum absolute atomic E-state index is 0.570. The zero-order valence-electron chi connectivity index (χ0n) is 11.4. The lowest BCUT2D eigenvalue weighted by molar-refractivity contribution is -0.138. The van der Waals surface area contributed by atoms with E-state index in [1.54, 1.807) is 12.1 Å². The predicted molar refractivity (Wildman–Crippen MR) is 81.4 cm³/mol. The van der Waals surface area contributed by atoms with Crippen LogP contribution in [0.5, 0.6) is 0 Å². The van der Waals surface area contributed by atoms with E-state index in [2.05, 4.69) is 5.32 Å². The van der Waals surface area contributed by atoms with Crippen LogP contribution in [0, 0.1) is 13.8 Å². The summed E-state index contributed by atoms with van der Waals surface area (Å²) >= 11 is 6.08. The summed E-state index contributed by atoms with van der Waals surface area (Å²) < 4.78 is 0. The molecule has 3 nitrogen and oxygen atoms in total. The molecule has 2 N–H and O–H groups in total. The SMILES string of the molecule is Cc1ccc(C(Nc2ccccc2C)C(=O)O)cc1Cl. The Bertz CT molecular complexity index is 640. The molecule has 104 valence electrons. The molecule has 0 spiro atoms. The Balaban J connectivity index is 2.34. The van der Waals surface area contributed by atoms with E-state index in [0.29, 0.717) is 10.6 Å². The second kappa shape index (κ2) is 5.97. The fraction of sp³-hybridized carbons (Fsp3) is 0.188. The van der Waals surface area contributed by atoms with Crippen molar-refractivity contribution >= 4 is 23.3 Å². The average Bonchev–Trinajstić information content (AvgIpc) is 2.41. The third-order valence-electron chi connectivity index (χ3n) is 3.22. The second-order valence-corrected chi connectivity index (χ2v) is 5.15. The van der Waals surface area contributed by atoms with Gasteiger partial charge in [0.25, 0.3) is 0 Å². The number of hydrogen-bond donors (Lipinski definition) is 2. The Morgan fingerprint density at radius 3 is 2.45 bits per heavy atom. The van der Waals surface area contributed by atoms with Crippen molar-refractivity contribution in [2.24, 2.45) is 0 Å². The quantitative estimate of drug-likeness (QED) is 0.887. The molecular formula is C16H16ClNO2. The molecular weight excluding hydrogens is 274 g/mol. The summed E-state index contributed by atoms with van der Waals surface area (Å²) in [5.74, 6) is -0.937. The molecule has 2 aromatic carbocycles. The van der Waals surface area contributed by atoms with E-state index >= 15 is 0 Å². The molecule has 4 heteroatoms. The van der Waals surface area contributed by atoms with Gasteiger partial charge in [-0.3, -0.25) is 0 Å². The van der Waals surface area contributed by atoms with Gasteiger partial charge in [0.05, 0.1) is 0 Å². The van der Waals surface area contributed by atoms with Crippen molar-refractivity contribution in [3.05, 3.63) is 64.2 Å². The largest absolute Gasteiger partial charge is 0.479 e. The maximum Gasteiger partial charge on any atom is 0.330 e. The number of nitrogens with one attached hydrogen (secondary N) is 1. The maximum atomic E-state index is 11.5. The summed E-state index contributed by atoms with van der Waals surface area (Å²) in [6.07, 6.45) is 0. The van der Waals surface area contributed by atoms with Gasteiger partial charge in [-0.05, 0) is 42.7 Å². The van der Waals surface area contributed by atoms with E-state index in [0.717, 1.165) is 16.8 Å². The van der Waals surface area contributed by atoms with Crippen LogP contribution in [0.2, 0.25) is 5.02 Å². The highest BCUT2D eigenvalue weighted by Gasteiger charge is 2.20. The smallest absolute Gasteiger partial charge is 0.330 e. The first kappa shape index (κ1) is 14.4. The number of aryl methyl sites for hydroxylation is 2. The summed E-state index contributed by atoms with van der Waals surface area (Å²) in [5, 5.41) is 13.1. The van der Waals surface area contributed by atoms with Gasteiger partial charge in [0.2, 0.25) is 0 Å². The normalized spacial score (nSPS) is 11.9. The van der Waals surface area contributed by atoms with Crippen LogP contribution in [-0.4, -0.2) is 11.1 Å². The summed E-state index contributed by atoms with van der Waals surface area (Å²) in [6, 6.07) is 12.1. The van der Waals surface area contributed by atoms with E-state index in [9.17, 15) is 9.90 Å². The van der Waals surface area contributed by atoms with Crippen LogP contribution in [0.3, 0.4) is 0 Å². The third kappa shape index (κ3) is 3.11. The van der Waals surface area contributed by atoms with Crippen LogP contribution >= 0.6 is 11.6 Å². The van der Waals surface area contributed by atoms with Crippen LogP contribution in [0.4, 0.5) is 5.69 Å². The summed E-state index contributed by atoms with van der Waals surface area (Å²) in [4.78, 5) is 11.5. The molecule has 0 aliphatic rings. The highest BCUT2D eigenvalue weighted by atomic mass is 35.5. The Kier molecular flexibility index (Phi) is 4.30. The molecule has 0 aliphatic carbocycles. The van der Waals surface area contributed by atoms with Crippen LogP contribution in [0.1, 0.15) is 22.7 Å². The molecule has 0 saturated carbocycles. The Morgan fingerprint density at radius 2 is 1.85 bits per heavy atom. The van der Waals surface area contributed by atoms with Gasteiger partial charge in [0.1, 0.15) is 0 Å². The van der Waals surface area contributed by atoms with Crippen molar-refractivity contribution in [2.75, 3.05) is 5.32 Å². The Hall–Kier alpha value is -2.00. The molecule has 0 bridgehead atoms. The summed E-state index contributed by atoms with van der Waals surface area (Å²) in [6.45, 7) is 3.82. The van der Waals surface area contributed by atoms with Gasteiger partial charge in [0, 0.05) is 10.7 Å². The number of carbonyl (C=O) groups is 1. The molecule has 1 unspecified atom stereocenters. The Morgan fingerprint density at radius 1 is 1.15 bits per heavy atom. The lowest BCUT2D eigenvalue weighted by atomic mass is 10.0. The monoisotopic (exact) mass is 289 g/mol. The molecule has 0 saturated heterocycles. The lowest BCUT2D eigenvalue weighted by Gasteiger charge is -2.18. The van der Waals surface area contributed by atoms with E-state index < -0.39 is 12.0 Å². The number of benzene rings is 2. The van der Waals surface area contributed by atoms with Crippen molar-refractivity contribution in [1.29, 1.82) is 0 Å². The van der Waals surface area contributed by atoms with Crippen molar-refractivity contribution in [2.45, 2.75) is 19.9 Å². The number of rotatable bonds is 4. The molecule has 2 rings (SSSR count). The van der Waals surface area contributed by atoms with Gasteiger partial charge in [-0.25, -0.2) is 4.79 Å². The van der Waals surface area contributed by atoms with E-state index in [1.807, 2.05) is 44.2 Å². The molecule has 0 radical (unpaired) electrons. The number of para-hydroxylation sites is 1. The first-order valence-electron chi connectivity index (χ1n) is 6.30. The van der Waals surface area contributed by atoms with Crippen molar-refractivity contribution in [3.8, 4) is 0 Å². The van der Waals surface area contributed by atoms with Crippen LogP contribution < -0.4 is 5.32 Å². The van der Waals surface area contributed by atoms with Gasteiger partial charge in [-0.1, -0.05) is 41.9 Å². The first-order chi connectivity index (χ1) is 9.49. The van der Waals surface area contributed by atoms with Crippen molar-refractivity contribution in [3.63, 3.8) is 0 Å². The fourth-order valence-electron chi connectivity index (χ4n) is 1.97. The minimum Gasteiger partial charge on any atom is -0.479 e. The van der Waals surface area contributed by atoms with E-state index in [4.69, 9.17) is 11.6 Å². The van der Waals surface area contributed by atoms with Crippen LogP contribution in [-0.2, 0) is 4.79 Å². The maximum absolute atomic E-state index is 11.5. The Labute approximate surface area is 123 Å². The number of halogens is 1. The third-order valence-corrected chi connectivity index (χ3v) is 3.63. The molecule has 2 aromatic rings. The second-order valence-electron chi connectivity index (χ2n) is 4.74. The number of carboxylic acids is 1. The first-order valence-corrected chi connectivity index (χ1v) is 6.68. The summed E-state index contributed by atoms with van der Waals surface area (Å²) in [7, 11) is 0. The molecule has 1 atom stereocenters. The number of aliphatic carboxylic acids is 1. The average molecular weight is 290 g/mol. The van der Waals surface area contributed by atoms with Gasteiger partial charge in [-0.2, -0.15) is 0 Å².